The molecule has 2 N–H and O–H groups in total. The molecule has 0 bridgehead atoms. The summed E-state index contributed by atoms with van der Waals surface area (Å²) in [4.78, 5) is 0. The van der Waals surface area contributed by atoms with E-state index >= 15 is 0 Å². The molecule has 2 aromatic carbocycles. The molecule has 0 saturated carbocycles. The average Bonchev–Trinajstić information content (AvgIpc) is 2.96. The zero-order chi connectivity index (χ0) is 18.7. The van der Waals surface area contributed by atoms with Crippen LogP contribution in [0.3, 0.4) is 0 Å². The smallest absolute Gasteiger partial charge is 0.161 e. The van der Waals surface area contributed by atoms with Crippen LogP contribution in [0.5, 0.6) is 17.2 Å². The van der Waals surface area contributed by atoms with E-state index in [0.29, 0.717) is 17.2 Å². The van der Waals surface area contributed by atoms with E-state index in [2.05, 4.69) is 23.3 Å². The minimum Gasteiger partial charge on any atom is -0.497 e. The predicted molar refractivity (Wildman–Crippen MR) is 104 cm³/mol. The van der Waals surface area contributed by atoms with Gasteiger partial charge in [0.15, 0.2) is 11.5 Å². The largest absolute Gasteiger partial charge is 0.497 e. The minimum atomic E-state index is 0.646. The molecule has 3 aromatic rings. The van der Waals surface area contributed by atoms with Crippen molar-refractivity contribution >= 4 is 16.6 Å². The highest BCUT2D eigenvalue weighted by molar-refractivity contribution is 5.96. The highest BCUT2D eigenvalue weighted by atomic mass is 16.5. The maximum Gasteiger partial charge on any atom is 0.161 e. The van der Waals surface area contributed by atoms with Crippen LogP contribution in [0.2, 0.25) is 0 Å². The molecule has 0 radical (unpaired) electrons. The number of nitrogens with two attached hydrogens (primary N) is 1. The summed E-state index contributed by atoms with van der Waals surface area (Å²) in [7, 11) is 4.87. The van der Waals surface area contributed by atoms with Crippen molar-refractivity contribution in [2.45, 2.75) is 13.5 Å². The summed E-state index contributed by atoms with van der Waals surface area (Å²) < 4.78 is 18.0. The Labute approximate surface area is 153 Å². The van der Waals surface area contributed by atoms with Crippen molar-refractivity contribution in [2.75, 3.05) is 27.1 Å². The second-order valence-electron chi connectivity index (χ2n) is 5.71. The first-order chi connectivity index (χ1) is 12.6. The molecule has 134 valence electrons. The van der Waals surface area contributed by atoms with Gasteiger partial charge in [0.2, 0.25) is 0 Å². The number of ether oxygens (including phenoxy) is 3. The lowest BCUT2D eigenvalue weighted by Gasteiger charge is -2.07. The Morgan fingerprint density at radius 2 is 1.69 bits per heavy atom. The lowest BCUT2D eigenvalue weighted by Crippen LogP contribution is -1.99. The molecule has 0 aliphatic carbocycles. The van der Waals surface area contributed by atoms with Gasteiger partial charge in [0.05, 0.1) is 32.5 Å². The highest BCUT2D eigenvalue weighted by Crippen LogP contribution is 2.31. The number of aryl methyl sites for hydroxylation is 1. The van der Waals surface area contributed by atoms with E-state index in [4.69, 9.17) is 19.9 Å². The molecule has 0 amide bonds. The van der Waals surface area contributed by atoms with Gasteiger partial charge in [-0.05, 0) is 43.2 Å². The van der Waals surface area contributed by atoms with E-state index in [-0.39, 0.29) is 0 Å². The first-order valence-corrected chi connectivity index (χ1v) is 8.32. The molecular formula is C21H22N2O3. The van der Waals surface area contributed by atoms with Gasteiger partial charge < -0.3 is 24.5 Å². The summed E-state index contributed by atoms with van der Waals surface area (Å²) in [6, 6.07) is 11.4. The lowest BCUT2D eigenvalue weighted by atomic mass is 10.2. The molecule has 5 heteroatoms. The molecular weight excluding hydrogens is 328 g/mol. The third kappa shape index (κ3) is 3.02. The number of hydrogen-bond donors (Lipinski definition) is 1. The van der Waals surface area contributed by atoms with E-state index < -0.39 is 0 Å². The highest BCUT2D eigenvalue weighted by Gasteiger charge is 2.13. The third-order valence-electron chi connectivity index (χ3n) is 4.34. The molecule has 0 saturated heterocycles. The first-order valence-electron chi connectivity index (χ1n) is 8.32. The summed E-state index contributed by atoms with van der Waals surface area (Å²) in [6.07, 6.45) is 0. The van der Waals surface area contributed by atoms with Crippen LogP contribution in [0.1, 0.15) is 18.2 Å². The topological polar surface area (TPSA) is 58.6 Å². The fourth-order valence-corrected chi connectivity index (χ4v) is 2.99. The Bertz CT molecular complexity index is 1010. The van der Waals surface area contributed by atoms with Crippen LogP contribution < -0.4 is 19.9 Å². The normalized spacial score (nSPS) is 10.3. The quantitative estimate of drug-likeness (QED) is 0.730. The zero-order valence-electron chi connectivity index (χ0n) is 15.4. The molecule has 0 fully saturated rings. The summed E-state index contributed by atoms with van der Waals surface area (Å²) in [5.74, 6) is 8.50. The van der Waals surface area contributed by atoms with E-state index in [0.717, 1.165) is 34.5 Å². The maximum absolute atomic E-state index is 6.36. The third-order valence-corrected chi connectivity index (χ3v) is 4.34. The number of rotatable bonds is 4. The van der Waals surface area contributed by atoms with Crippen molar-refractivity contribution in [1.82, 2.24) is 4.57 Å². The van der Waals surface area contributed by atoms with Crippen molar-refractivity contribution in [2.24, 2.45) is 0 Å². The number of methoxy groups -OCH3 is 3. The van der Waals surface area contributed by atoms with Crippen LogP contribution in [-0.2, 0) is 6.54 Å². The number of hydrogen-bond acceptors (Lipinski definition) is 4. The molecule has 0 unspecified atom stereocenters. The molecule has 26 heavy (non-hydrogen) atoms. The molecule has 5 nitrogen and oxygen atoms in total. The number of anilines is 1. The van der Waals surface area contributed by atoms with Crippen LogP contribution in [0.15, 0.2) is 36.4 Å². The van der Waals surface area contributed by atoms with Crippen molar-refractivity contribution in [3.05, 3.63) is 47.7 Å². The average molecular weight is 350 g/mol. The number of nitrogen functional groups attached to an aromatic ring is 1. The summed E-state index contributed by atoms with van der Waals surface area (Å²) in [5.41, 5.74) is 9.68. The van der Waals surface area contributed by atoms with Crippen LogP contribution in [-0.4, -0.2) is 25.9 Å². The van der Waals surface area contributed by atoms with E-state index in [1.54, 1.807) is 21.3 Å². The summed E-state index contributed by atoms with van der Waals surface area (Å²) >= 11 is 0. The Hall–Kier alpha value is -3.26. The van der Waals surface area contributed by atoms with Crippen molar-refractivity contribution < 1.29 is 14.2 Å². The SMILES string of the molecule is CCn1c(C#Cc2ccc(OC)c(OC)c2)c(N)c2ccc(OC)cc21. The van der Waals surface area contributed by atoms with Crippen LogP contribution in [0.4, 0.5) is 5.69 Å². The van der Waals surface area contributed by atoms with Gasteiger partial charge in [-0.2, -0.15) is 0 Å². The molecule has 1 aromatic heterocycles. The summed E-state index contributed by atoms with van der Waals surface area (Å²) in [6.45, 7) is 2.83. The fraction of sp³-hybridized carbons (Fsp3) is 0.238. The second-order valence-corrected chi connectivity index (χ2v) is 5.71. The van der Waals surface area contributed by atoms with Gasteiger partial charge >= 0.3 is 0 Å². The number of nitrogens with zero attached hydrogens (tertiary/aromatic N) is 1. The van der Waals surface area contributed by atoms with Crippen LogP contribution in [0.25, 0.3) is 10.9 Å². The second kappa shape index (κ2) is 7.32. The van der Waals surface area contributed by atoms with Gasteiger partial charge in [-0.3, -0.25) is 0 Å². The van der Waals surface area contributed by atoms with Crippen molar-refractivity contribution in [3.8, 4) is 29.1 Å². The minimum absolute atomic E-state index is 0.646. The Morgan fingerprint density at radius 3 is 2.35 bits per heavy atom. The molecule has 0 atom stereocenters. The standard InChI is InChI=1S/C21H22N2O3/c1-5-23-17(21(22)16-9-8-15(24-2)13-18(16)23)10-6-14-7-11-19(25-3)20(12-14)26-4/h7-9,11-13H,5,22H2,1-4H3. The zero-order valence-corrected chi connectivity index (χ0v) is 15.4. The predicted octanol–water partition coefficient (Wildman–Crippen LogP) is 3.67. The molecule has 0 aliphatic rings. The number of aromatic nitrogens is 1. The van der Waals surface area contributed by atoms with Gasteiger partial charge in [0, 0.05) is 23.6 Å². The number of fused-ring (bicyclic) bond motifs is 1. The van der Waals surface area contributed by atoms with Crippen LogP contribution >= 0.6 is 0 Å². The molecule has 3 rings (SSSR count). The van der Waals surface area contributed by atoms with E-state index in [1.165, 1.54) is 0 Å². The molecule has 0 aliphatic heterocycles. The van der Waals surface area contributed by atoms with Crippen molar-refractivity contribution in [3.63, 3.8) is 0 Å². The monoisotopic (exact) mass is 350 g/mol. The van der Waals surface area contributed by atoms with Gasteiger partial charge in [0.25, 0.3) is 0 Å². The van der Waals surface area contributed by atoms with Crippen LogP contribution in [0, 0.1) is 11.8 Å². The maximum atomic E-state index is 6.36. The summed E-state index contributed by atoms with van der Waals surface area (Å²) in [5, 5.41) is 0.976. The van der Waals surface area contributed by atoms with E-state index in [9.17, 15) is 0 Å². The van der Waals surface area contributed by atoms with E-state index in [1.807, 2.05) is 36.4 Å². The van der Waals surface area contributed by atoms with Gasteiger partial charge in [-0.15, -0.1) is 0 Å². The Morgan fingerprint density at radius 1 is 0.923 bits per heavy atom. The first kappa shape index (κ1) is 17.6. The Kier molecular flexibility index (Phi) is 4.94. The molecule has 1 heterocycles. The van der Waals surface area contributed by atoms with Gasteiger partial charge in [-0.1, -0.05) is 5.92 Å². The lowest BCUT2D eigenvalue weighted by molar-refractivity contribution is 0.355. The van der Waals surface area contributed by atoms with Gasteiger partial charge in [0.1, 0.15) is 11.4 Å². The number of benzene rings is 2. The molecule has 0 spiro atoms. The van der Waals surface area contributed by atoms with Crippen molar-refractivity contribution in [1.29, 1.82) is 0 Å². The van der Waals surface area contributed by atoms with Gasteiger partial charge in [-0.25, -0.2) is 0 Å². The fourth-order valence-electron chi connectivity index (χ4n) is 2.99. The Balaban J connectivity index is 2.10.